The molecule has 0 fully saturated rings. The standard InChI is InChI=1S/C17H21F3N2O2/c1-2-7-14-12-16(24,17(18,19)20)22(21-14)15(23)11-6-10-13-8-4-3-5-9-13/h3-5,8-9,24H,2,6-7,10-12H2,1H3/t16-/m0/s1. The van der Waals surface area contributed by atoms with E-state index in [1.807, 2.05) is 30.3 Å². The second-order valence-electron chi connectivity index (χ2n) is 5.95. The molecule has 7 heteroatoms. The van der Waals surface area contributed by atoms with Gasteiger partial charge in [-0.25, -0.2) is 0 Å². The second kappa shape index (κ2) is 7.34. The molecule has 24 heavy (non-hydrogen) atoms. The van der Waals surface area contributed by atoms with Crippen molar-refractivity contribution in [1.29, 1.82) is 0 Å². The van der Waals surface area contributed by atoms with Gasteiger partial charge in [0, 0.05) is 18.6 Å². The molecule has 0 aliphatic carbocycles. The number of nitrogens with zero attached hydrogens (tertiary/aromatic N) is 2. The molecule has 0 saturated carbocycles. The lowest BCUT2D eigenvalue weighted by atomic mass is 10.0. The molecule has 0 aromatic heterocycles. The molecule has 0 saturated heterocycles. The van der Waals surface area contributed by atoms with Crippen molar-refractivity contribution in [3.05, 3.63) is 35.9 Å². The number of alkyl halides is 3. The van der Waals surface area contributed by atoms with Gasteiger partial charge in [0.15, 0.2) is 0 Å². The smallest absolute Gasteiger partial charge is 0.362 e. The Hall–Kier alpha value is -1.89. The summed E-state index contributed by atoms with van der Waals surface area (Å²) in [4.78, 5) is 12.2. The number of amides is 1. The maximum absolute atomic E-state index is 13.2. The molecule has 1 aliphatic heterocycles. The number of aliphatic hydroxyl groups is 1. The number of carbonyl (C=O) groups excluding carboxylic acids is 1. The van der Waals surface area contributed by atoms with Crippen LogP contribution in [-0.4, -0.2) is 33.6 Å². The minimum Gasteiger partial charge on any atom is -0.362 e. The number of hydrogen-bond acceptors (Lipinski definition) is 3. The molecular weight excluding hydrogens is 321 g/mol. The lowest BCUT2D eigenvalue weighted by Crippen LogP contribution is -2.56. The van der Waals surface area contributed by atoms with Crippen LogP contribution in [0.4, 0.5) is 13.2 Å². The fourth-order valence-corrected chi connectivity index (χ4v) is 2.72. The third-order valence-corrected chi connectivity index (χ3v) is 3.97. The average Bonchev–Trinajstić information content (AvgIpc) is 2.86. The van der Waals surface area contributed by atoms with E-state index in [-0.39, 0.29) is 17.1 Å². The van der Waals surface area contributed by atoms with E-state index in [2.05, 4.69) is 5.10 Å². The molecule has 1 aromatic carbocycles. The minimum atomic E-state index is -4.94. The number of benzene rings is 1. The van der Waals surface area contributed by atoms with Crippen LogP contribution in [-0.2, 0) is 11.2 Å². The molecule has 0 bridgehead atoms. The number of hydrazone groups is 1. The van der Waals surface area contributed by atoms with Crippen LogP contribution < -0.4 is 0 Å². The number of hydrogen-bond donors (Lipinski definition) is 1. The van der Waals surface area contributed by atoms with E-state index in [0.29, 0.717) is 25.7 Å². The second-order valence-corrected chi connectivity index (χ2v) is 5.95. The normalized spacial score (nSPS) is 21.0. The topological polar surface area (TPSA) is 52.9 Å². The van der Waals surface area contributed by atoms with Gasteiger partial charge in [-0.2, -0.15) is 23.3 Å². The molecule has 0 spiro atoms. The van der Waals surface area contributed by atoms with E-state index in [4.69, 9.17) is 0 Å². The highest BCUT2D eigenvalue weighted by Gasteiger charge is 2.62. The van der Waals surface area contributed by atoms with Gasteiger partial charge in [-0.05, 0) is 24.8 Å². The molecule has 1 N–H and O–H groups in total. The molecule has 0 radical (unpaired) electrons. The Morgan fingerprint density at radius 2 is 1.96 bits per heavy atom. The summed E-state index contributed by atoms with van der Waals surface area (Å²) in [5, 5.41) is 14.0. The first-order valence-corrected chi connectivity index (χ1v) is 8.00. The Morgan fingerprint density at radius 1 is 1.29 bits per heavy atom. The van der Waals surface area contributed by atoms with E-state index >= 15 is 0 Å². The Bertz CT molecular complexity index is 602. The summed E-state index contributed by atoms with van der Waals surface area (Å²) < 4.78 is 39.7. The largest absolute Gasteiger partial charge is 0.438 e. The highest BCUT2D eigenvalue weighted by atomic mass is 19.4. The summed E-state index contributed by atoms with van der Waals surface area (Å²) in [6.07, 6.45) is -3.82. The molecule has 2 rings (SSSR count). The van der Waals surface area contributed by atoms with Gasteiger partial charge < -0.3 is 5.11 Å². The first-order valence-electron chi connectivity index (χ1n) is 8.00. The lowest BCUT2D eigenvalue weighted by molar-refractivity contribution is -0.302. The van der Waals surface area contributed by atoms with Crippen LogP contribution >= 0.6 is 0 Å². The number of rotatable bonds is 6. The predicted octanol–water partition coefficient (Wildman–Crippen LogP) is 3.65. The molecule has 132 valence electrons. The maximum atomic E-state index is 13.2. The van der Waals surface area contributed by atoms with Gasteiger partial charge in [-0.15, -0.1) is 0 Å². The van der Waals surface area contributed by atoms with Crippen molar-refractivity contribution in [1.82, 2.24) is 5.01 Å². The number of carbonyl (C=O) groups is 1. The van der Waals surface area contributed by atoms with E-state index in [1.165, 1.54) is 0 Å². The highest BCUT2D eigenvalue weighted by Crippen LogP contribution is 2.41. The van der Waals surface area contributed by atoms with Crippen LogP contribution in [0.25, 0.3) is 0 Å². The molecule has 1 heterocycles. The zero-order chi connectivity index (χ0) is 17.8. The summed E-state index contributed by atoms with van der Waals surface area (Å²) in [5.74, 6) is -0.808. The monoisotopic (exact) mass is 342 g/mol. The summed E-state index contributed by atoms with van der Waals surface area (Å²) in [7, 11) is 0. The van der Waals surface area contributed by atoms with Crippen molar-refractivity contribution in [3.63, 3.8) is 0 Å². The van der Waals surface area contributed by atoms with Crippen LogP contribution in [0.3, 0.4) is 0 Å². The Morgan fingerprint density at radius 3 is 2.54 bits per heavy atom. The van der Waals surface area contributed by atoms with E-state index in [9.17, 15) is 23.1 Å². The molecule has 1 amide bonds. The molecule has 0 unspecified atom stereocenters. The SMILES string of the molecule is CCCC1=NN(C(=O)CCCc2ccccc2)[C@@](O)(C(F)(F)F)C1. The third-order valence-electron chi connectivity index (χ3n) is 3.97. The third kappa shape index (κ3) is 3.95. The molecule has 1 atom stereocenters. The first kappa shape index (κ1) is 18.4. The molecular formula is C17H21F3N2O2. The van der Waals surface area contributed by atoms with Gasteiger partial charge in [0.25, 0.3) is 5.72 Å². The van der Waals surface area contributed by atoms with Crippen molar-refractivity contribution in [2.75, 3.05) is 0 Å². The van der Waals surface area contributed by atoms with Crippen LogP contribution in [0, 0.1) is 0 Å². The number of halogens is 3. The van der Waals surface area contributed by atoms with Gasteiger partial charge in [-0.3, -0.25) is 4.79 Å². The van der Waals surface area contributed by atoms with E-state index in [0.717, 1.165) is 5.56 Å². The minimum absolute atomic E-state index is 0.101. The first-order chi connectivity index (χ1) is 11.3. The fourth-order valence-electron chi connectivity index (χ4n) is 2.72. The van der Waals surface area contributed by atoms with Gasteiger partial charge >= 0.3 is 6.18 Å². The molecule has 1 aromatic rings. The molecule has 1 aliphatic rings. The molecule has 4 nitrogen and oxygen atoms in total. The van der Waals surface area contributed by atoms with Crippen molar-refractivity contribution in [3.8, 4) is 0 Å². The van der Waals surface area contributed by atoms with Crippen molar-refractivity contribution >= 4 is 11.6 Å². The summed E-state index contributed by atoms with van der Waals surface area (Å²) in [6.45, 7) is 1.81. The maximum Gasteiger partial charge on any atom is 0.438 e. The summed E-state index contributed by atoms with van der Waals surface area (Å²) >= 11 is 0. The van der Waals surface area contributed by atoms with Crippen molar-refractivity contribution in [2.24, 2.45) is 5.10 Å². The summed E-state index contributed by atoms with van der Waals surface area (Å²) in [5.41, 5.74) is -2.01. The van der Waals surface area contributed by atoms with Gasteiger partial charge in [-0.1, -0.05) is 43.7 Å². The number of aryl methyl sites for hydroxylation is 1. The summed E-state index contributed by atoms with van der Waals surface area (Å²) in [6, 6.07) is 9.38. The van der Waals surface area contributed by atoms with Crippen LogP contribution in [0.2, 0.25) is 0 Å². The zero-order valence-electron chi connectivity index (χ0n) is 13.5. The highest BCUT2D eigenvalue weighted by molar-refractivity contribution is 5.90. The quantitative estimate of drug-likeness (QED) is 0.858. The van der Waals surface area contributed by atoms with Crippen LogP contribution in [0.15, 0.2) is 35.4 Å². The van der Waals surface area contributed by atoms with Gasteiger partial charge in [0.05, 0.1) is 0 Å². The van der Waals surface area contributed by atoms with Gasteiger partial charge in [0.2, 0.25) is 5.91 Å². The van der Waals surface area contributed by atoms with Crippen LogP contribution in [0.1, 0.15) is 44.6 Å². The zero-order valence-corrected chi connectivity index (χ0v) is 13.5. The van der Waals surface area contributed by atoms with E-state index in [1.54, 1.807) is 6.92 Å². The fraction of sp³-hybridized carbons (Fsp3) is 0.529. The van der Waals surface area contributed by atoms with Crippen molar-refractivity contribution < 1.29 is 23.1 Å². The van der Waals surface area contributed by atoms with Crippen molar-refractivity contribution in [2.45, 2.75) is 57.3 Å². The predicted molar refractivity (Wildman–Crippen MR) is 84.2 cm³/mol. The Balaban J connectivity index is 2.04. The van der Waals surface area contributed by atoms with Crippen LogP contribution in [0.5, 0.6) is 0 Å². The lowest BCUT2D eigenvalue weighted by Gasteiger charge is -2.32. The average molecular weight is 342 g/mol. The Labute approximate surface area is 139 Å². The van der Waals surface area contributed by atoms with Gasteiger partial charge in [0.1, 0.15) is 0 Å². The Kier molecular flexibility index (Phi) is 5.64. The van der Waals surface area contributed by atoms with E-state index < -0.39 is 24.2 Å².